The lowest BCUT2D eigenvalue weighted by atomic mass is 10.1. The Labute approximate surface area is 85.5 Å². The molecule has 0 bridgehead atoms. The van der Waals surface area contributed by atoms with Gasteiger partial charge in [-0.15, -0.1) is 0 Å². The lowest BCUT2D eigenvalue weighted by Gasteiger charge is -2.20. The third-order valence-electron chi connectivity index (χ3n) is 2.09. The third-order valence-corrected chi connectivity index (χ3v) is 2.09. The lowest BCUT2D eigenvalue weighted by Crippen LogP contribution is -2.33. The second kappa shape index (κ2) is 7.58. The second-order valence-electron chi connectivity index (χ2n) is 3.53. The molecule has 0 spiro atoms. The Morgan fingerprint density at radius 3 is 2.79 bits per heavy atom. The Kier molecular flexibility index (Phi) is 7.14. The highest BCUT2D eigenvalue weighted by Gasteiger charge is 2.10. The second-order valence-corrected chi connectivity index (χ2v) is 3.53. The molecule has 0 aliphatic heterocycles. The molecule has 0 saturated carbocycles. The lowest BCUT2D eigenvalue weighted by molar-refractivity contribution is 0.177. The number of ether oxygens (including phenoxy) is 1. The quantitative estimate of drug-likeness (QED) is 0.206. The standard InChI is InChI=1S/C9H21N3O2/c1-8(9(10)11-13)7-12(2)5-4-6-14-3/h8,13H,4-7H2,1-3H3,(H2,10,11). The molecular weight excluding hydrogens is 182 g/mol. The van der Waals surface area contributed by atoms with E-state index in [4.69, 9.17) is 15.7 Å². The third kappa shape index (κ3) is 5.77. The van der Waals surface area contributed by atoms with Crippen molar-refractivity contribution >= 4 is 5.84 Å². The molecule has 0 aromatic heterocycles. The maximum atomic E-state index is 8.46. The minimum Gasteiger partial charge on any atom is -0.409 e. The smallest absolute Gasteiger partial charge is 0.143 e. The van der Waals surface area contributed by atoms with Crippen molar-refractivity contribution in [2.45, 2.75) is 13.3 Å². The van der Waals surface area contributed by atoms with Crippen LogP contribution >= 0.6 is 0 Å². The first kappa shape index (κ1) is 13.2. The SMILES string of the molecule is COCCCN(C)CC(C)C(N)=NO. The van der Waals surface area contributed by atoms with Gasteiger partial charge in [0.25, 0.3) is 0 Å². The minimum atomic E-state index is 0.0764. The van der Waals surface area contributed by atoms with Gasteiger partial charge in [0.2, 0.25) is 0 Å². The van der Waals surface area contributed by atoms with Gasteiger partial charge in [0.15, 0.2) is 0 Å². The number of rotatable bonds is 7. The predicted molar refractivity (Wildman–Crippen MR) is 56.6 cm³/mol. The van der Waals surface area contributed by atoms with E-state index in [2.05, 4.69) is 10.1 Å². The van der Waals surface area contributed by atoms with Gasteiger partial charge in [-0.1, -0.05) is 12.1 Å². The summed E-state index contributed by atoms with van der Waals surface area (Å²) in [6.45, 7) is 4.45. The molecule has 0 aliphatic carbocycles. The molecule has 5 nitrogen and oxygen atoms in total. The van der Waals surface area contributed by atoms with Crippen LogP contribution in [0.15, 0.2) is 5.16 Å². The normalized spacial score (nSPS) is 14.7. The van der Waals surface area contributed by atoms with Crippen molar-refractivity contribution in [3.63, 3.8) is 0 Å². The summed E-state index contributed by atoms with van der Waals surface area (Å²) >= 11 is 0. The Morgan fingerprint density at radius 2 is 2.29 bits per heavy atom. The average molecular weight is 203 g/mol. The van der Waals surface area contributed by atoms with Crippen LogP contribution in [0.3, 0.4) is 0 Å². The average Bonchev–Trinajstić information content (AvgIpc) is 2.16. The van der Waals surface area contributed by atoms with Gasteiger partial charge in [-0.05, 0) is 13.5 Å². The van der Waals surface area contributed by atoms with E-state index >= 15 is 0 Å². The number of amidine groups is 1. The van der Waals surface area contributed by atoms with E-state index in [0.29, 0.717) is 0 Å². The number of nitrogens with two attached hydrogens (primary N) is 1. The molecule has 3 N–H and O–H groups in total. The highest BCUT2D eigenvalue weighted by Crippen LogP contribution is 1.99. The fourth-order valence-electron chi connectivity index (χ4n) is 1.23. The first-order valence-corrected chi connectivity index (χ1v) is 4.76. The van der Waals surface area contributed by atoms with Crippen molar-refractivity contribution in [3.8, 4) is 0 Å². The molecule has 1 unspecified atom stereocenters. The molecule has 14 heavy (non-hydrogen) atoms. The van der Waals surface area contributed by atoms with Crippen molar-refractivity contribution in [1.82, 2.24) is 4.90 Å². The zero-order valence-electron chi connectivity index (χ0n) is 9.23. The zero-order valence-corrected chi connectivity index (χ0v) is 9.23. The van der Waals surface area contributed by atoms with Gasteiger partial charge in [-0.3, -0.25) is 0 Å². The van der Waals surface area contributed by atoms with Crippen molar-refractivity contribution in [3.05, 3.63) is 0 Å². The minimum absolute atomic E-state index is 0.0764. The van der Waals surface area contributed by atoms with Crippen LogP contribution in [0.1, 0.15) is 13.3 Å². The van der Waals surface area contributed by atoms with Gasteiger partial charge in [-0.25, -0.2) is 0 Å². The topological polar surface area (TPSA) is 71.1 Å². The number of oxime groups is 1. The fraction of sp³-hybridized carbons (Fsp3) is 0.889. The van der Waals surface area contributed by atoms with E-state index in [1.54, 1.807) is 7.11 Å². The van der Waals surface area contributed by atoms with Crippen LogP contribution in [0.2, 0.25) is 0 Å². The maximum absolute atomic E-state index is 8.46. The van der Waals surface area contributed by atoms with Crippen LogP contribution in [0.5, 0.6) is 0 Å². The molecule has 0 aliphatic rings. The number of hydrogen-bond donors (Lipinski definition) is 2. The van der Waals surface area contributed by atoms with Crippen LogP contribution in [0.4, 0.5) is 0 Å². The van der Waals surface area contributed by atoms with Gasteiger partial charge in [-0.2, -0.15) is 0 Å². The van der Waals surface area contributed by atoms with E-state index in [1.807, 2.05) is 14.0 Å². The van der Waals surface area contributed by atoms with Gasteiger partial charge < -0.3 is 20.6 Å². The number of hydrogen-bond acceptors (Lipinski definition) is 4. The molecule has 1 atom stereocenters. The monoisotopic (exact) mass is 203 g/mol. The molecule has 0 saturated heterocycles. The first-order chi connectivity index (χ1) is 6.61. The van der Waals surface area contributed by atoms with Gasteiger partial charge >= 0.3 is 0 Å². The van der Waals surface area contributed by atoms with E-state index in [0.717, 1.165) is 26.1 Å². The van der Waals surface area contributed by atoms with E-state index in [1.165, 1.54) is 0 Å². The van der Waals surface area contributed by atoms with Crippen LogP contribution in [-0.2, 0) is 4.74 Å². The molecule has 0 radical (unpaired) electrons. The fourth-order valence-corrected chi connectivity index (χ4v) is 1.23. The maximum Gasteiger partial charge on any atom is 0.143 e. The highest BCUT2D eigenvalue weighted by atomic mass is 16.5. The van der Waals surface area contributed by atoms with Crippen molar-refractivity contribution in [2.75, 3.05) is 33.9 Å². The molecule has 5 heteroatoms. The Morgan fingerprint density at radius 1 is 1.64 bits per heavy atom. The molecule has 0 aromatic carbocycles. The Bertz CT molecular complexity index is 173. The molecule has 0 heterocycles. The van der Waals surface area contributed by atoms with E-state index in [-0.39, 0.29) is 11.8 Å². The van der Waals surface area contributed by atoms with Crippen LogP contribution in [-0.4, -0.2) is 49.8 Å². The number of nitrogens with zero attached hydrogens (tertiary/aromatic N) is 2. The summed E-state index contributed by atoms with van der Waals surface area (Å²) in [6, 6.07) is 0. The number of methoxy groups -OCH3 is 1. The van der Waals surface area contributed by atoms with Gasteiger partial charge in [0.05, 0.1) is 0 Å². The largest absolute Gasteiger partial charge is 0.409 e. The summed E-state index contributed by atoms with van der Waals surface area (Å²) < 4.78 is 4.95. The highest BCUT2D eigenvalue weighted by molar-refractivity contribution is 5.82. The summed E-state index contributed by atoms with van der Waals surface area (Å²) in [5, 5.41) is 11.4. The molecule has 0 fully saturated rings. The molecule has 0 amide bonds. The summed E-state index contributed by atoms with van der Waals surface area (Å²) in [6.07, 6.45) is 0.996. The first-order valence-electron chi connectivity index (χ1n) is 4.76. The summed E-state index contributed by atoms with van der Waals surface area (Å²) in [4.78, 5) is 2.14. The van der Waals surface area contributed by atoms with Crippen molar-refractivity contribution < 1.29 is 9.94 Å². The van der Waals surface area contributed by atoms with Crippen molar-refractivity contribution in [2.24, 2.45) is 16.8 Å². The molecular formula is C9H21N3O2. The van der Waals surface area contributed by atoms with Gasteiger partial charge in [0.1, 0.15) is 5.84 Å². The molecule has 0 rings (SSSR count). The zero-order chi connectivity index (χ0) is 11.0. The van der Waals surface area contributed by atoms with E-state index < -0.39 is 0 Å². The van der Waals surface area contributed by atoms with Crippen LogP contribution in [0, 0.1) is 5.92 Å². The Hall–Kier alpha value is -0.810. The molecule has 0 aromatic rings. The van der Waals surface area contributed by atoms with Crippen LogP contribution < -0.4 is 5.73 Å². The van der Waals surface area contributed by atoms with Crippen molar-refractivity contribution in [1.29, 1.82) is 0 Å². The van der Waals surface area contributed by atoms with E-state index in [9.17, 15) is 0 Å². The summed E-state index contributed by atoms with van der Waals surface area (Å²) in [7, 11) is 3.70. The molecule has 84 valence electrons. The predicted octanol–water partition coefficient (Wildman–Crippen LogP) is 0.337. The van der Waals surface area contributed by atoms with Crippen LogP contribution in [0.25, 0.3) is 0 Å². The summed E-state index contributed by atoms with van der Waals surface area (Å²) in [5.41, 5.74) is 5.47. The summed E-state index contributed by atoms with van der Waals surface area (Å²) in [5.74, 6) is 0.358. The Balaban J connectivity index is 3.65. The van der Waals surface area contributed by atoms with Gasteiger partial charge in [0, 0.05) is 32.7 Å².